The molecule has 5 heteroatoms. The zero-order valence-corrected chi connectivity index (χ0v) is 11.8. The van der Waals surface area contributed by atoms with E-state index in [2.05, 4.69) is 34.7 Å². The second kappa shape index (κ2) is 6.70. The Bertz CT molecular complexity index is 415. The van der Waals surface area contributed by atoms with Gasteiger partial charge in [-0.15, -0.1) is 0 Å². The summed E-state index contributed by atoms with van der Waals surface area (Å²) in [4.78, 5) is 12.1. The van der Waals surface area contributed by atoms with Crippen LogP contribution in [0.1, 0.15) is 45.2 Å². The van der Waals surface area contributed by atoms with Gasteiger partial charge in [0.1, 0.15) is 0 Å². The Hall–Kier alpha value is -1.36. The monoisotopic (exact) mass is 264 g/mol. The molecule has 3 N–H and O–H groups in total. The van der Waals surface area contributed by atoms with Gasteiger partial charge in [-0.3, -0.25) is 9.89 Å². The summed E-state index contributed by atoms with van der Waals surface area (Å²) in [6, 6.07) is 2.36. The molecule has 1 fully saturated rings. The van der Waals surface area contributed by atoms with Crippen LogP contribution >= 0.6 is 0 Å². The van der Waals surface area contributed by atoms with Gasteiger partial charge in [-0.1, -0.05) is 13.3 Å². The number of aromatic nitrogens is 2. The van der Waals surface area contributed by atoms with Gasteiger partial charge in [-0.2, -0.15) is 5.10 Å². The fourth-order valence-corrected chi connectivity index (χ4v) is 2.52. The molecule has 106 valence electrons. The van der Waals surface area contributed by atoms with Crippen molar-refractivity contribution in [3.8, 4) is 0 Å². The predicted molar refractivity (Wildman–Crippen MR) is 76.0 cm³/mol. The highest BCUT2D eigenvalue weighted by molar-refractivity contribution is 5.91. The van der Waals surface area contributed by atoms with Crippen LogP contribution < -0.4 is 10.6 Å². The Morgan fingerprint density at radius 1 is 1.58 bits per heavy atom. The van der Waals surface area contributed by atoms with E-state index >= 15 is 0 Å². The molecule has 0 radical (unpaired) electrons. The first kappa shape index (κ1) is 14.1. The minimum absolute atomic E-state index is 0.0990. The van der Waals surface area contributed by atoms with Crippen LogP contribution in [0.25, 0.3) is 0 Å². The van der Waals surface area contributed by atoms with E-state index in [-0.39, 0.29) is 11.8 Å². The zero-order chi connectivity index (χ0) is 13.7. The molecule has 0 aromatic carbocycles. The van der Waals surface area contributed by atoms with E-state index in [1.54, 1.807) is 0 Å². The van der Waals surface area contributed by atoms with Gasteiger partial charge in [0.05, 0.1) is 0 Å². The van der Waals surface area contributed by atoms with Crippen LogP contribution in [0.4, 0.5) is 5.82 Å². The van der Waals surface area contributed by atoms with Gasteiger partial charge >= 0.3 is 0 Å². The van der Waals surface area contributed by atoms with Crippen LogP contribution in [-0.4, -0.2) is 28.7 Å². The standard InChI is InChI=1S/C14H24N4O/c1-3-4-5-12-9-13(18-17-12)16-14(19)11-6-7-15-10(2)8-11/h9-11,15H,3-8H2,1-2H3,(H2,16,17,18,19)/t10-,11-/m0/s1. The van der Waals surface area contributed by atoms with E-state index in [9.17, 15) is 4.79 Å². The molecular weight excluding hydrogens is 240 g/mol. The summed E-state index contributed by atoms with van der Waals surface area (Å²) in [5.41, 5.74) is 1.09. The molecule has 5 nitrogen and oxygen atoms in total. The van der Waals surface area contributed by atoms with Crippen LogP contribution in [0.2, 0.25) is 0 Å². The van der Waals surface area contributed by atoms with E-state index < -0.39 is 0 Å². The van der Waals surface area contributed by atoms with Crippen molar-refractivity contribution in [2.45, 2.75) is 52.0 Å². The van der Waals surface area contributed by atoms with Crippen molar-refractivity contribution < 1.29 is 4.79 Å². The Morgan fingerprint density at radius 2 is 2.42 bits per heavy atom. The molecule has 1 aliphatic heterocycles. The van der Waals surface area contributed by atoms with E-state index in [1.807, 2.05) is 6.07 Å². The Kier molecular flexibility index (Phi) is 4.96. The highest BCUT2D eigenvalue weighted by atomic mass is 16.2. The third kappa shape index (κ3) is 4.06. The average Bonchev–Trinajstić information content (AvgIpc) is 2.84. The minimum atomic E-state index is 0.0990. The normalized spacial score (nSPS) is 23.3. The summed E-state index contributed by atoms with van der Waals surface area (Å²) in [6.45, 7) is 5.20. The van der Waals surface area contributed by atoms with Gasteiger partial charge in [0.15, 0.2) is 5.82 Å². The maximum Gasteiger partial charge on any atom is 0.228 e. The Balaban J connectivity index is 1.86. The molecule has 1 aromatic heterocycles. The number of H-pyrrole nitrogens is 1. The number of piperidine rings is 1. The maximum atomic E-state index is 12.1. The highest BCUT2D eigenvalue weighted by Crippen LogP contribution is 2.18. The van der Waals surface area contributed by atoms with E-state index in [1.165, 1.54) is 0 Å². The third-order valence-corrected chi connectivity index (χ3v) is 3.68. The topological polar surface area (TPSA) is 69.8 Å². The quantitative estimate of drug-likeness (QED) is 0.762. The summed E-state index contributed by atoms with van der Waals surface area (Å²) < 4.78 is 0. The van der Waals surface area contributed by atoms with E-state index in [4.69, 9.17) is 0 Å². The molecule has 0 spiro atoms. The Labute approximate surface area is 114 Å². The number of nitrogens with zero attached hydrogens (tertiary/aromatic N) is 1. The lowest BCUT2D eigenvalue weighted by Crippen LogP contribution is -2.40. The number of nitrogens with one attached hydrogen (secondary N) is 3. The lowest BCUT2D eigenvalue weighted by atomic mass is 9.92. The highest BCUT2D eigenvalue weighted by Gasteiger charge is 2.25. The summed E-state index contributed by atoms with van der Waals surface area (Å²) in [6.07, 6.45) is 5.10. The molecular formula is C14H24N4O. The lowest BCUT2D eigenvalue weighted by Gasteiger charge is -2.26. The number of hydrogen-bond acceptors (Lipinski definition) is 3. The first-order valence-electron chi connectivity index (χ1n) is 7.27. The van der Waals surface area contributed by atoms with Crippen molar-refractivity contribution in [3.05, 3.63) is 11.8 Å². The molecule has 1 aliphatic rings. The first-order chi connectivity index (χ1) is 9.19. The fraction of sp³-hybridized carbons (Fsp3) is 0.714. The molecule has 2 rings (SSSR count). The second-order valence-electron chi connectivity index (χ2n) is 5.45. The van der Waals surface area contributed by atoms with Crippen molar-refractivity contribution in [1.82, 2.24) is 15.5 Å². The molecule has 1 aromatic rings. The summed E-state index contributed by atoms with van der Waals surface area (Å²) in [7, 11) is 0. The van der Waals surface area contributed by atoms with Gasteiger partial charge in [0.25, 0.3) is 0 Å². The summed E-state index contributed by atoms with van der Waals surface area (Å²) >= 11 is 0. The number of carbonyl (C=O) groups is 1. The molecule has 1 saturated heterocycles. The van der Waals surface area contributed by atoms with Crippen LogP contribution in [-0.2, 0) is 11.2 Å². The zero-order valence-electron chi connectivity index (χ0n) is 11.8. The average molecular weight is 264 g/mol. The molecule has 0 bridgehead atoms. The number of amides is 1. The van der Waals surface area contributed by atoms with Crippen LogP contribution in [0.5, 0.6) is 0 Å². The number of aryl methyl sites for hydroxylation is 1. The van der Waals surface area contributed by atoms with Crippen molar-refractivity contribution in [2.75, 3.05) is 11.9 Å². The van der Waals surface area contributed by atoms with Gasteiger partial charge in [0.2, 0.25) is 5.91 Å². The number of anilines is 1. The van der Waals surface area contributed by atoms with E-state index in [0.717, 1.165) is 44.3 Å². The first-order valence-corrected chi connectivity index (χ1v) is 7.27. The van der Waals surface area contributed by atoms with Crippen molar-refractivity contribution in [3.63, 3.8) is 0 Å². The van der Waals surface area contributed by atoms with Crippen molar-refractivity contribution in [2.24, 2.45) is 5.92 Å². The second-order valence-corrected chi connectivity index (χ2v) is 5.45. The van der Waals surface area contributed by atoms with Gasteiger partial charge in [-0.25, -0.2) is 0 Å². The number of aromatic amines is 1. The maximum absolute atomic E-state index is 12.1. The largest absolute Gasteiger partial charge is 0.314 e. The van der Waals surface area contributed by atoms with Crippen LogP contribution in [0, 0.1) is 5.92 Å². The molecule has 19 heavy (non-hydrogen) atoms. The molecule has 1 amide bonds. The smallest absolute Gasteiger partial charge is 0.228 e. The molecule has 0 unspecified atom stereocenters. The van der Waals surface area contributed by atoms with Crippen LogP contribution in [0.3, 0.4) is 0 Å². The lowest BCUT2D eigenvalue weighted by molar-refractivity contribution is -0.120. The number of rotatable bonds is 5. The number of unbranched alkanes of at least 4 members (excludes halogenated alkanes) is 1. The van der Waals surface area contributed by atoms with Gasteiger partial charge < -0.3 is 10.6 Å². The predicted octanol–water partition coefficient (Wildman–Crippen LogP) is 2.08. The summed E-state index contributed by atoms with van der Waals surface area (Å²) in [5.74, 6) is 0.858. The van der Waals surface area contributed by atoms with Crippen molar-refractivity contribution >= 4 is 11.7 Å². The van der Waals surface area contributed by atoms with Crippen LogP contribution in [0.15, 0.2) is 6.07 Å². The molecule has 2 heterocycles. The third-order valence-electron chi connectivity index (χ3n) is 3.68. The SMILES string of the molecule is CCCCc1cc(NC(=O)[C@H]2CCN[C@@H](C)C2)n[nH]1. The van der Waals surface area contributed by atoms with Gasteiger partial charge in [0, 0.05) is 23.7 Å². The number of hydrogen-bond donors (Lipinski definition) is 3. The summed E-state index contributed by atoms with van der Waals surface area (Å²) in [5, 5.41) is 13.4. The molecule has 2 atom stereocenters. The van der Waals surface area contributed by atoms with Crippen molar-refractivity contribution in [1.29, 1.82) is 0 Å². The van der Waals surface area contributed by atoms with E-state index in [0.29, 0.717) is 11.9 Å². The molecule has 0 aliphatic carbocycles. The molecule has 0 saturated carbocycles. The van der Waals surface area contributed by atoms with Gasteiger partial charge in [-0.05, 0) is 39.2 Å². The Morgan fingerprint density at radius 3 is 3.16 bits per heavy atom. The number of carbonyl (C=O) groups excluding carboxylic acids is 1. The fourth-order valence-electron chi connectivity index (χ4n) is 2.52. The minimum Gasteiger partial charge on any atom is -0.314 e.